The van der Waals surface area contributed by atoms with Crippen LogP contribution in [0.15, 0.2) is 71.2 Å². The highest BCUT2D eigenvalue weighted by Gasteiger charge is 2.29. The zero-order chi connectivity index (χ0) is 24.2. The summed E-state index contributed by atoms with van der Waals surface area (Å²) in [4.78, 5) is 38.0. The molecule has 0 unspecified atom stereocenters. The maximum atomic E-state index is 12.9. The van der Waals surface area contributed by atoms with Crippen LogP contribution in [0.1, 0.15) is 34.3 Å². The second kappa shape index (κ2) is 10.1. The summed E-state index contributed by atoms with van der Waals surface area (Å²) in [7, 11) is 0. The molecule has 2 amide bonds. The van der Waals surface area contributed by atoms with E-state index < -0.39 is 24.5 Å². The lowest BCUT2D eigenvalue weighted by molar-refractivity contribution is -0.137. The first-order valence-electron chi connectivity index (χ1n) is 10.8. The van der Waals surface area contributed by atoms with Crippen LogP contribution in [0.3, 0.4) is 0 Å². The molecule has 2 N–H and O–H groups in total. The molecular formula is C26H23BrN2O5. The zero-order valence-electron chi connectivity index (χ0n) is 18.5. The van der Waals surface area contributed by atoms with Gasteiger partial charge in [-0.1, -0.05) is 64.5 Å². The van der Waals surface area contributed by atoms with Gasteiger partial charge in [-0.15, -0.1) is 0 Å². The van der Waals surface area contributed by atoms with Crippen molar-refractivity contribution >= 4 is 39.6 Å². The molecular weight excluding hydrogens is 500 g/mol. The van der Waals surface area contributed by atoms with Crippen molar-refractivity contribution < 1.29 is 24.2 Å². The van der Waals surface area contributed by atoms with Crippen LogP contribution in [0.2, 0.25) is 0 Å². The number of rotatable bonds is 7. The van der Waals surface area contributed by atoms with E-state index in [9.17, 15) is 14.4 Å². The fraction of sp³-hybridized carbons (Fsp3) is 0.192. The molecule has 0 fully saturated rings. The maximum Gasteiger partial charge on any atom is 0.411 e. The van der Waals surface area contributed by atoms with Crippen LogP contribution in [0.4, 0.5) is 10.5 Å². The standard InChI is InChI=1S/C26H23BrN2O5/c1-2-29(14-24(30)31)25(32)21-12-11-16(27)13-23(21)28-26(33)34-15-22-19-9-5-3-7-17(19)18-8-4-6-10-20(18)22/h3-13,22H,2,14-15H2,1H3,(H,28,33)(H,30,31). The van der Waals surface area contributed by atoms with Gasteiger partial charge in [0.2, 0.25) is 0 Å². The number of nitrogens with zero attached hydrogens (tertiary/aromatic N) is 1. The number of ether oxygens (including phenoxy) is 1. The monoisotopic (exact) mass is 522 g/mol. The first kappa shape index (κ1) is 23.5. The molecule has 7 nitrogen and oxygen atoms in total. The van der Waals surface area contributed by atoms with Crippen molar-refractivity contribution in [2.24, 2.45) is 0 Å². The Balaban J connectivity index is 1.51. The lowest BCUT2D eigenvalue weighted by Crippen LogP contribution is -2.36. The number of aliphatic carboxylic acids is 1. The van der Waals surface area contributed by atoms with Crippen molar-refractivity contribution in [1.82, 2.24) is 4.90 Å². The normalized spacial score (nSPS) is 11.9. The number of nitrogens with one attached hydrogen (secondary N) is 1. The van der Waals surface area contributed by atoms with E-state index in [-0.39, 0.29) is 30.3 Å². The maximum absolute atomic E-state index is 12.9. The van der Waals surface area contributed by atoms with E-state index >= 15 is 0 Å². The van der Waals surface area contributed by atoms with Gasteiger partial charge in [0.25, 0.3) is 5.91 Å². The Morgan fingerprint density at radius 2 is 1.62 bits per heavy atom. The molecule has 174 valence electrons. The molecule has 0 heterocycles. The first-order valence-corrected chi connectivity index (χ1v) is 11.6. The first-order chi connectivity index (χ1) is 16.4. The van der Waals surface area contributed by atoms with Crippen molar-refractivity contribution in [3.05, 3.63) is 87.9 Å². The summed E-state index contributed by atoms with van der Waals surface area (Å²) in [5.41, 5.74) is 4.87. The number of carboxylic acid groups (broad SMARTS) is 1. The molecule has 8 heteroatoms. The van der Waals surface area contributed by atoms with Crippen LogP contribution in [0, 0.1) is 0 Å². The summed E-state index contributed by atoms with van der Waals surface area (Å²) in [6.45, 7) is 1.61. The van der Waals surface area contributed by atoms with Crippen molar-refractivity contribution in [1.29, 1.82) is 0 Å². The number of amides is 2. The Bertz CT molecular complexity index is 1210. The molecule has 0 aliphatic heterocycles. The third-order valence-electron chi connectivity index (χ3n) is 5.79. The molecule has 0 bridgehead atoms. The van der Waals surface area contributed by atoms with Crippen LogP contribution in [-0.2, 0) is 9.53 Å². The van der Waals surface area contributed by atoms with Gasteiger partial charge in [-0.3, -0.25) is 14.9 Å². The van der Waals surface area contributed by atoms with Gasteiger partial charge in [0.05, 0.1) is 11.3 Å². The van der Waals surface area contributed by atoms with Gasteiger partial charge in [0.15, 0.2) is 0 Å². The molecule has 0 aromatic heterocycles. The minimum Gasteiger partial charge on any atom is -0.480 e. The average Bonchev–Trinajstić information content (AvgIpc) is 3.14. The summed E-state index contributed by atoms with van der Waals surface area (Å²) in [6.07, 6.45) is -0.699. The van der Waals surface area contributed by atoms with E-state index in [1.807, 2.05) is 36.4 Å². The number of hydrogen-bond donors (Lipinski definition) is 2. The van der Waals surface area contributed by atoms with E-state index in [2.05, 4.69) is 33.4 Å². The van der Waals surface area contributed by atoms with Gasteiger partial charge < -0.3 is 14.7 Å². The van der Waals surface area contributed by atoms with Crippen LogP contribution in [0.25, 0.3) is 11.1 Å². The Morgan fingerprint density at radius 3 is 2.21 bits per heavy atom. The summed E-state index contributed by atoms with van der Waals surface area (Å²) in [5, 5.41) is 11.7. The third-order valence-corrected chi connectivity index (χ3v) is 6.28. The number of carboxylic acids is 1. The number of benzene rings is 3. The predicted octanol–water partition coefficient (Wildman–Crippen LogP) is 5.36. The SMILES string of the molecule is CCN(CC(=O)O)C(=O)c1ccc(Br)cc1NC(=O)OCC1c2ccccc2-c2ccccc21. The molecule has 0 spiro atoms. The molecule has 1 aliphatic rings. The van der Waals surface area contributed by atoms with Gasteiger partial charge in [0, 0.05) is 16.9 Å². The number of fused-ring (bicyclic) bond motifs is 3. The largest absolute Gasteiger partial charge is 0.480 e. The Morgan fingerprint density at radius 1 is 1.00 bits per heavy atom. The highest BCUT2D eigenvalue weighted by Crippen LogP contribution is 2.44. The topological polar surface area (TPSA) is 95.9 Å². The number of likely N-dealkylation sites (N-methyl/N-ethyl adjacent to an activating group) is 1. The number of halogens is 1. The van der Waals surface area contributed by atoms with Crippen molar-refractivity contribution in [3.63, 3.8) is 0 Å². The van der Waals surface area contributed by atoms with Gasteiger partial charge >= 0.3 is 12.1 Å². The fourth-order valence-electron chi connectivity index (χ4n) is 4.21. The second-order valence-corrected chi connectivity index (χ2v) is 8.77. The molecule has 1 aliphatic carbocycles. The molecule has 0 saturated heterocycles. The average molecular weight is 523 g/mol. The predicted molar refractivity (Wildman–Crippen MR) is 132 cm³/mol. The molecule has 0 radical (unpaired) electrons. The second-order valence-electron chi connectivity index (χ2n) is 7.85. The molecule has 34 heavy (non-hydrogen) atoms. The highest BCUT2D eigenvalue weighted by atomic mass is 79.9. The van der Waals surface area contributed by atoms with Gasteiger partial charge in [-0.2, -0.15) is 0 Å². The lowest BCUT2D eigenvalue weighted by atomic mass is 9.98. The van der Waals surface area contributed by atoms with Crippen molar-refractivity contribution in [2.75, 3.05) is 25.0 Å². The highest BCUT2D eigenvalue weighted by molar-refractivity contribution is 9.10. The summed E-state index contributed by atoms with van der Waals surface area (Å²) < 4.78 is 6.24. The van der Waals surface area contributed by atoms with E-state index in [1.54, 1.807) is 19.1 Å². The number of carbonyl (C=O) groups is 3. The molecule has 0 atom stereocenters. The molecule has 4 rings (SSSR count). The van der Waals surface area contributed by atoms with E-state index in [1.165, 1.54) is 11.0 Å². The summed E-state index contributed by atoms with van der Waals surface area (Å²) >= 11 is 3.35. The number of hydrogen-bond acceptors (Lipinski definition) is 4. The van der Waals surface area contributed by atoms with Crippen LogP contribution >= 0.6 is 15.9 Å². The Labute approximate surface area is 205 Å². The molecule has 0 saturated carbocycles. The van der Waals surface area contributed by atoms with E-state index in [0.29, 0.717) is 4.47 Å². The van der Waals surface area contributed by atoms with Crippen LogP contribution in [-0.4, -0.2) is 47.7 Å². The molecule has 3 aromatic carbocycles. The fourth-order valence-corrected chi connectivity index (χ4v) is 4.57. The van der Waals surface area contributed by atoms with E-state index in [0.717, 1.165) is 22.3 Å². The van der Waals surface area contributed by atoms with Gasteiger partial charge in [0.1, 0.15) is 13.2 Å². The smallest absolute Gasteiger partial charge is 0.411 e. The summed E-state index contributed by atoms with van der Waals surface area (Å²) in [5.74, 6) is -1.70. The quantitative estimate of drug-likeness (QED) is 0.435. The molecule has 3 aromatic rings. The zero-order valence-corrected chi connectivity index (χ0v) is 20.0. The van der Waals surface area contributed by atoms with E-state index in [4.69, 9.17) is 9.84 Å². The lowest BCUT2D eigenvalue weighted by Gasteiger charge is -2.21. The van der Waals surface area contributed by atoms with Crippen LogP contribution in [0.5, 0.6) is 0 Å². The van der Waals surface area contributed by atoms with Crippen molar-refractivity contribution in [2.45, 2.75) is 12.8 Å². The number of carbonyl (C=O) groups excluding carboxylic acids is 2. The minimum atomic E-state index is -1.11. The third kappa shape index (κ3) is 4.82. The minimum absolute atomic E-state index is 0.0899. The Hall–Kier alpha value is -3.65. The summed E-state index contributed by atoms with van der Waals surface area (Å²) in [6, 6.07) is 20.9. The van der Waals surface area contributed by atoms with Gasteiger partial charge in [-0.05, 0) is 47.4 Å². The Kier molecular flexibility index (Phi) is 6.98. The van der Waals surface area contributed by atoms with Gasteiger partial charge in [-0.25, -0.2) is 4.79 Å². The van der Waals surface area contributed by atoms with Crippen LogP contribution < -0.4 is 5.32 Å². The van der Waals surface area contributed by atoms with Crippen molar-refractivity contribution in [3.8, 4) is 11.1 Å². The number of anilines is 1.